The Hall–Kier alpha value is -4.24. The van der Waals surface area contributed by atoms with Crippen molar-refractivity contribution in [3.63, 3.8) is 0 Å². The first-order valence-corrected chi connectivity index (χ1v) is 28.8. The maximum atomic E-state index is 11.9. The molecule has 0 bridgehead atoms. The molecule has 76 heavy (non-hydrogen) atoms. The molecule has 0 spiro atoms. The Morgan fingerprint density at radius 1 is 0.342 bits per heavy atom. The highest BCUT2D eigenvalue weighted by atomic mass is 16.6. The Bertz CT molecular complexity index is 1840. The predicted octanol–water partition coefficient (Wildman–Crippen LogP) is 12.9. The number of carbonyl (C=O) groups excluding carboxylic acids is 8. The van der Waals surface area contributed by atoms with Crippen LogP contribution in [0.1, 0.15) is 265 Å². The standard InChI is InChI=1S/C16H28O4.2C15H26O4.C14H24O4/c1-5-15(3,4)14(18)19-12-9-13(17)20-16(6-2)10-7-8-11-16;1-5-14(2,3)13(17)18-11-8-12(16)19-15(4)9-6-7-10-15;1-5-14(3,4)13(17)18-11-12(16)19-15(6-2)9-7-8-10-15;1-5-13(2,3)12(16)17-10-11(15)18-14(4)8-6-7-9-14/h5-12H2,1-4H3;2*5-11H2,1-4H3;5-10H2,1-4H3. The van der Waals surface area contributed by atoms with Gasteiger partial charge in [-0.15, -0.1) is 0 Å². The average Bonchev–Trinajstić information content (AvgIpc) is 4.22. The molecule has 0 aromatic carbocycles. The molecule has 4 aliphatic carbocycles. The summed E-state index contributed by atoms with van der Waals surface area (Å²) >= 11 is 0. The third-order valence-corrected chi connectivity index (χ3v) is 16.5. The lowest BCUT2D eigenvalue weighted by atomic mass is 9.91. The van der Waals surface area contributed by atoms with E-state index in [1.807, 2.05) is 90.0 Å². The predicted molar refractivity (Wildman–Crippen MR) is 290 cm³/mol. The Morgan fingerprint density at radius 2 is 0.579 bits per heavy atom. The number of ether oxygens (including phenoxy) is 8. The van der Waals surface area contributed by atoms with E-state index in [1.54, 1.807) is 13.8 Å². The van der Waals surface area contributed by atoms with Crippen LogP contribution in [0.3, 0.4) is 0 Å². The first-order chi connectivity index (χ1) is 35.3. The van der Waals surface area contributed by atoms with Gasteiger partial charge in [-0.25, -0.2) is 9.59 Å². The van der Waals surface area contributed by atoms with Gasteiger partial charge in [0.05, 0.1) is 34.5 Å². The molecule has 4 rings (SSSR count). The number of carbonyl (C=O) groups is 8. The van der Waals surface area contributed by atoms with Crippen LogP contribution in [0.2, 0.25) is 0 Å². The number of rotatable bonds is 24. The molecule has 0 N–H and O–H groups in total. The summed E-state index contributed by atoms with van der Waals surface area (Å²) in [7, 11) is 0. The van der Waals surface area contributed by atoms with Gasteiger partial charge in [0.15, 0.2) is 13.2 Å². The van der Waals surface area contributed by atoms with Crippen molar-refractivity contribution in [2.75, 3.05) is 26.4 Å². The van der Waals surface area contributed by atoms with Crippen LogP contribution in [0.25, 0.3) is 0 Å². The summed E-state index contributed by atoms with van der Waals surface area (Å²) < 4.78 is 42.3. The Morgan fingerprint density at radius 3 is 0.868 bits per heavy atom. The van der Waals surface area contributed by atoms with E-state index in [1.165, 1.54) is 0 Å². The van der Waals surface area contributed by atoms with Crippen LogP contribution in [-0.4, -0.2) is 96.6 Å². The largest absolute Gasteiger partial charge is 0.465 e. The lowest BCUT2D eigenvalue weighted by molar-refractivity contribution is -0.173. The number of esters is 8. The van der Waals surface area contributed by atoms with Crippen LogP contribution in [-0.2, 0) is 76.3 Å². The molecule has 0 aromatic heterocycles. The fourth-order valence-electron chi connectivity index (χ4n) is 8.80. The van der Waals surface area contributed by atoms with Crippen LogP contribution in [0, 0.1) is 21.7 Å². The lowest BCUT2D eigenvalue weighted by Crippen LogP contribution is -2.34. The van der Waals surface area contributed by atoms with Crippen molar-refractivity contribution in [1.82, 2.24) is 0 Å². The van der Waals surface area contributed by atoms with Gasteiger partial charge in [-0.1, -0.05) is 41.5 Å². The van der Waals surface area contributed by atoms with Gasteiger partial charge in [0.25, 0.3) is 0 Å². The van der Waals surface area contributed by atoms with E-state index in [4.69, 9.17) is 37.9 Å². The lowest BCUT2D eigenvalue weighted by Gasteiger charge is -2.28. The Balaban J connectivity index is 0.000000507. The third-order valence-electron chi connectivity index (χ3n) is 16.5. The van der Waals surface area contributed by atoms with Gasteiger partial charge in [-0.3, -0.25) is 28.8 Å². The molecule has 0 aliphatic heterocycles. The molecule has 440 valence electrons. The maximum absolute atomic E-state index is 11.9. The topological polar surface area (TPSA) is 210 Å². The van der Waals surface area contributed by atoms with Gasteiger partial charge < -0.3 is 37.9 Å². The molecular formula is C60H104O16. The summed E-state index contributed by atoms with van der Waals surface area (Å²) in [5, 5.41) is 0. The van der Waals surface area contributed by atoms with Crippen molar-refractivity contribution in [2.24, 2.45) is 21.7 Å². The third kappa shape index (κ3) is 24.6. The Kier molecular flexibility index (Phi) is 29.4. The van der Waals surface area contributed by atoms with Crippen molar-refractivity contribution in [3.05, 3.63) is 0 Å². The molecule has 0 unspecified atom stereocenters. The maximum Gasteiger partial charge on any atom is 0.344 e. The summed E-state index contributed by atoms with van der Waals surface area (Å²) in [6.07, 6.45) is 21.0. The van der Waals surface area contributed by atoms with Gasteiger partial charge in [0.2, 0.25) is 0 Å². The normalized spacial score (nSPS) is 18.1. The molecule has 0 aromatic rings. The van der Waals surface area contributed by atoms with E-state index >= 15 is 0 Å². The van der Waals surface area contributed by atoms with E-state index in [0.29, 0.717) is 19.3 Å². The van der Waals surface area contributed by atoms with E-state index in [2.05, 4.69) is 6.92 Å². The summed E-state index contributed by atoms with van der Waals surface area (Å²) in [4.78, 5) is 93.9. The average molecular weight is 1080 g/mol. The SMILES string of the molecule is CCC(C)(C)C(=O)OCC(=O)OC1(C)CCCC1.CCC(C)(C)C(=O)OCCC(=O)OC1(C)CCCC1.CCC1(OC(=O)CCOC(=O)C(C)(C)CC)CCCC1.CCC1(OC(=O)COC(=O)C(C)(C)CC)CCCC1. The van der Waals surface area contributed by atoms with Crippen molar-refractivity contribution in [2.45, 2.75) is 287 Å². The minimum Gasteiger partial charge on any atom is -0.465 e. The monoisotopic (exact) mass is 1080 g/mol. The zero-order chi connectivity index (χ0) is 58.1. The van der Waals surface area contributed by atoms with Crippen LogP contribution >= 0.6 is 0 Å². The molecular weight excluding hydrogens is 977 g/mol. The van der Waals surface area contributed by atoms with Crippen molar-refractivity contribution >= 4 is 47.8 Å². The van der Waals surface area contributed by atoms with Crippen molar-refractivity contribution in [3.8, 4) is 0 Å². The molecule has 0 heterocycles. The van der Waals surface area contributed by atoms with Gasteiger partial charge in [-0.2, -0.15) is 0 Å². The van der Waals surface area contributed by atoms with Gasteiger partial charge in [-0.05, 0) is 210 Å². The second-order valence-electron chi connectivity index (χ2n) is 24.6. The highest BCUT2D eigenvalue weighted by molar-refractivity contribution is 5.81. The summed E-state index contributed by atoms with van der Waals surface area (Å²) in [6, 6.07) is 0. The van der Waals surface area contributed by atoms with Crippen LogP contribution in [0.5, 0.6) is 0 Å². The van der Waals surface area contributed by atoms with E-state index in [0.717, 1.165) is 122 Å². The highest BCUT2D eigenvalue weighted by Crippen LogP contribution is 2.38. The summed E-state index contributed by atoms with van der Waals surface area (Å²) in [5.74, 6) is -2.60. The molecule has 0 saturated heterocycles. The summed E-state index contributed by atoms with van der Waals surface area (Å²) in [5.41, 5.74) is -3.30. The van der Waals surface area contributed by atoms with Crippen LogP contribution in [0.15, 0.2) is 0 Å². The first kappa shape index (κ1) is 69.8. The fraction of sp³-hybridized carbons (Fsp3) is 0.867. The van der Waals surface area contributed by atoms with E-state index < -0.39 is 33.6 Å². The molecule has 0 amide bonds. The van der Waals surface area contributed by atoms with E-state index in [-0.39, 0.29) is 97.5 Å². The molecule has 0 radical (unpaired) electrons. The van der Waals surface area contributed by atoms with Gasteiger partial charge in [0, 0.05) is 0 Å². The molecule has 16 nitrogen and oxygen atoms in total. The molecule has 16 heteroatoms. The van der Waals surface area contributed by atoms with Crippen LogP contribution in [0.4, 0.5) is 0 Å². The molecule has 4 saturated carbocycles. The number of hydrogen-bond acceptors (Lipinski definition) is 16. The Labute approximate surface area is 457 Å². The van der Waals surface area contributed by atoms with Gasteiger partial charge >= 0.3 is 47.8 Å². The number of hydrogen-bond donors (Lipinski definition) is 0. The molecule has 4 fully saturated rings. The van der Waals surface area contributed by atoms with E-state index in [9.17, 15) is 38.4 Å². The summed E-state index contributed by atoms with van der Waals surface area (Å²) in [6.45, 7) is 30.0. The molecule has 4 aliphatic rings. The fourth-order valence-corrected chi connectivity index (χ4v) is 8.80. The second kappa shape index (κ2) is 32.0. The minimum absolute atomic E-state index is 0.108. The van der Waals surface area contributed by atoms with Gasteiger partial charge in [0.1, 0.15) is 35.6 Å². The van der Waals surface area contributed by atoms with Crippen LogP contribution < -0.4 is 0 Å². The highest BCUT2D eigenvalue weighted by Gasteiger charge is 2.39. The molecule has 0 atom stereocenters. The first-order valence-electron chi connectivity index (χ1n) is 28.8. The second-order valence-corrected chi connectivity index (χ2v) is 24.6. The van der Waals surface area contributed by atoms with Crippen molar-refractivity contribution in [1.29, 1.82) is 0 Å². The zero-order valence-corrected chi connectivity index (χ0v) is 50.3. The minimum atomic E-state index is -0.546. The smallest absolute Gasteiger partial charge is 0.344 e. The quantitative estimate of drug-likeness (QED) is 0.0650. The zero-order valence-electron chi connectivity index (χ0n) is 50.3. The van der Waals surface area contributed by atoms with Crippen molar-refractivity contribution < 1.29 is 76.3 Å².